The summed E-state index contributed by atoms with van der Waals surface area (Å²) in [7, 11) is 0. The lowest BCUT2D eigenvalue weighted by atomic mass is 9.97. The third-order valence-corrected chi connectivity index (χ3v) is 4.10. The predicted octanol–water partition coefficient (Wildman–Crippen LogP) is 1.57. The van der Waals surface area contributed by atoms with Gasteiger partial charge in [-0.05, 0) is 12.8 Å². The van der Waals surface area contributed by atoms with E-state index in [9.17, 15) is 4.79 Å². The smallest absolute Gasteiger partial charge is 0.242 e. The molecule has 0 spiro atoms. The van der Waals surface area contributed by atoms with Gasteiger partial charge in [-0.15, -0.1) is 0 Å². The number of rotatable bonds is 4. The second kappa shape index (κ2) is 6.11. The molecule has 112 valence electrons. The van der Waals surface area contributed by atoms with Crippen LogP contribution in [0.5, 0.6) is 0 Å². The molecule has 1 unspecified atom stereocenters. The van der Waals surface area contributed by atoms with Crippen molar-refractivity contribution >= 4 is 5.91 Å². The Kier molecular flexibility index (Phi) is 4.03. The number of imidazole rings is 2. The number of carbonyl (C=O) groups excluding carboxylic acids is 1. The lowest BCUT2D eigenvalue weighted by Crippen LogP contribution is -2.41. The van der Waals surface area contributed by atoms with E-state index < -0.39 is 0 Å². The second-order valence-corrected chi connectivity index (χ2v) is 5.48. The van der Waals surface area contributed by atoms with Crippen LogP contribution in [0.25, 0.3) is 0 Å². The molecular formula is C15H21N5O. The topological polar surface area (TPSA) is 66.8 Å². The van der Waals surface area contributed by atoms with Gasteiger partial charge in [-0.3, -0.25) is 4.79 Å². The highest BCUT2D eigenvalue weighted by molar-refractivity contribution is 5.76. The Morgan fingerprint density at radius 3 is 3.10 bits per heavy atom. The molecule has 2 aromatic rings. The van der Waals surface area contributed by atoms with E-state index >= 15 is 0 Å². The Morgan fingerprint density at radius 1 is 1.43 bits per heavy atom. The van der Waals surface area contributed by atoms with E-state index in [0.29, 0.717) is 12.5 Å². The van der Waals surface area contributed by atoms with Crippen LogP contribution in [0.4, 0.5) is 0 Å². The van der Waals surface area contributed by atoms with E-state index in [0.717, 1.165) is 44.0 Å². The van der Waals surface area contributed by atoms with Crippen LogP contribution in [-0.2, 0) is 17.8 Å². The van der Waals surface area contributed by atoms with Gasteiger partial charge >= 0.3 is 0 Å². The first-order chi connectivity index (χ1) is 10.3. The molecule has 1 aliphatic heterocycles. The first-order valence-electron chi connectivity index (χ1n) is 7.55. The molecule has 1 aliphatic rings. The van der Waals surface area contributed by atoms with Crippen molar-refractivity contribution in [1.82, 2.24) is 24.4 Å². The number of nitrogens with one attached hydrogen (secondary N) is 1. The van der Waals surface area contributed by atoms with Gasteiger partial charge in [-0.2, -0.15) is 0 Å². The third kappa shape index (κ3) is 2.99. The molecule has 1 atom stereocenters. The lowest BCUT2D eigenvalue weighted by molar-refractivity contribution is -0.133. The SMILES string of the molecule is CCc1nccn1CC(=O)N1CCCC(c2ncc[nH]2)C1. The highest BCUT2D eigenvalue weighted by Gasteiger charge is 2.26. The Bertz CT molecular complexity index is 589. The highest BCUT2D eigenvalue weighted by atomic mass is 16.2. The number of aromatic amines is 1. The summed E-state index contributed by atoms with van der Waals surface area (Å²) in [6.45, 7) is 4.03. The summed E-state index contributed by atoms with van der Waals surface area (Å²) >= 11 is 0. The van der Waals surface area contributed by atoms with Gasteiger partial charge in [0.05, 0.1) is 0 Å². The van der Waals surface area contributed by atoms with E-state index in [2.05, 4.69) is 21.9 Å². The van der Waals surface area contributed by atoms with Crippen LogP contribution in [0.2, 0.25) is 0 Å². The summed E-state index contributed by atoms with van der Waals surface area (Å²) in [5.41, 5.74) is 0. The summed E-state index contributed by atoms with van der Waals surface area (Å²) in [6.07, 6.45) is 10.2. The average Bonchev–Trinajstić information content (AvgIpc) is 3.18. The minimum absolute atomic E-state index is 0.166. The van der Waals surface area contributed by atoms with Crippen molar-refractivity contribution < 1.29 is 4.79 Å². The van der Waals surface area contributed by atoms with Crippen LogP contribution in [0.1, 0.15) is 37.3 Å². The summed E-state index contributed by atoms with van der Waals surface area (Å²) in [4.78, 5) is 26.2. The Labute approximate surface area is 124 Å². The molecule has 0 aliphatic carbocycles. The van der Waals surface area contributed by atoms with Gasteiger partial charge < -0.3 is 14.5 Å². The van der Waals surface area contributed by atoms with Crippen molar-refractivity contribution in [2.24, 2.45) is 0 Å². The third-order valence-electron chi connectivity index (χ3n) is 4.10. The van der Waals surface area contributed by atoms with Crippen molar-refractivity contribution in [2.75, 3.05) is 13.1 Å². The Morgan fingerprint density at radius 2 is 2.33 bits per heavy atom. The number of piperidine rings is 1. The Hall–Kier alpha value is -2.11. The van der Waals surface area contributed by atoms with Gasteiger partial charge in [-0.1, -0.05) is 6.92 Å². The highest BCUT2D eigenvalue weighted by Crippen LogP contribution is 2.24. The van der Waals surface area contributed by atoms with Gasteiger partial charge in [0, 0.05) is 50.2 Å². The minimum atomic E-state index is 0.166. The average molecular weight is 287 g/mol. The fraction of sp³-hybridized carbons (Fsp3) is 0.533. The molecule has 6 nitrogen and oxygen atoms in total. The summed E-state index contributed by atoms with van der Waals surface area (Å²) in [6, 6.07) is 0. The maximum Gasteiger partial charge on any atom is 0.242 e. The molecule has 0 radical (unpaired) electrons. The number of amides is 1. The maximum atomic E-state index is 12.5. The number of hydrogen-bond donors (Lipinski definition) is 1. The molecule has 1 N–H and O–H groups in total. The fourth-order valence-corrected chi connectivity index (χ4v) is 2.97. The molecule has 1 saturated heterocycles. The monoisotopic (exact) mass is 287 g/mol. The van der Waals surface area contributed by atoms with Gasteiger partial charge in [-0.25, -0.2) is 9.97 Å². The predicted molar refractivity (Wildman–Crippen MR) is 78.7 cm³/mol. The van der Waals surface area contributed by atoms with Crippen molar-refractivity contribution in [2.45, 2.75) is 38.6 Å². The standard InChI is InChI=1S/C15H21N5O/c1-2-13-16-7-9-19(13)11-14(21)20-8-3-4-12(10-20)15-17-5-6-18-15/h5-7,9,12H,2-4,8,10-11H2,1H3,(H,17,18). The van der Waals surface area contributed by atoms with Crippen LogP contribution < -0.4 is 0 Å². The Balaban J connectivity index is 1.64. The first-order valence-corrected chi connectivity index (χ1v) is 7.55. The van der Waals surface area contributed by atoms with E-state index in [1.807, 2.05) is 21.9 Å². The molecule has 6 heteroatoms. The minimum Gasteiger partial charge on any atom is -0.348 e. The zero-order chi connectivity index (χ0) is 14.7. The van der Waals surface area contributed by atoms with E-state index in [-0.39, 0.29) is 5.91 Å². The van der Waals surface area contributed by atoms with Gasteiger partial charge in [0.2, 0.25) is 5.91 Å². The number of nitrogens with zero attached hydrogens (tertiary/aromatic N) is 4. The second-order valence-electron chi connectivity index (χ2n) is 5.48. The number of aryl methyl sites for hydroxylation is 1. The molecule has 0 bridgehead atoms. The van der Waals surface area contributed by atoms with Crippen molar-refractivity contribution in [3.05, 3.63) is 36.4 Å². The van der Waals surface area contributed by atoms with Gasteiger partial charge in [0.15, 0.2) is 0 Å². The number of carbonyl (C=O) groups is 1. The number of hydrogen-bond acceptors (Lipinski definition) is 3. The molecule has 2 aromatic heterocycles. The van der Waals surface area contributed by atoms with Crippen molar-refractivity contribution in [3.8, 4) is 0 Å². The molecule has 21 heavy (non-hydrogen) atoms. The van der Waals surface area contributed by atoms with E-state index in [4.69, 9.17) is 0 Å². The number of aromatic nitrogens is 4. The molecule has 3 rings (SSSR count). The molecule has 0 saturated carbocycles. The van der Waals surface area contributed by atoms with Crippen LogP contribution >= 0.6 is 0 Å². The zero-order valence-electron chi connectivity index (χ0n) is 12.3. The molecular weight excluding hydrogens is 266 g/mol. The molecule has 3 heterocycles. The van der Waals surface area contributed by atoms with Crippen LogP contribution in [-0.4, -0.2) is 43.4 Å². The van der Waals surface area contributed by atoms with E-state index in [1.54, 1.807) is 12.4 Å². The van der Waals surface area contributed by atoms with Crippen LogP contribution in [0, 0.1) is 0 Å². The summed E-state index contributed by atoms with van der Waals surface area (Å²) in [5.74, 6) is 2.44. The number of H-pyrrole nitrogens is 1. The van der Waals surface area contributed by atoms with Crippen LogP contribution in [0.3, 0.4) is 0 Å². The molecule has 0 aromatic carbocycles. The number of likely N-dealkylation sites (tertiary alicyclic amines) is 1. The van der Waals surface area contributed by atoms with Crippen LogP contribution in [0.15, 0.2) is 24.8 Å². The molecule has 1 fully saturated rings. The maximum absolute atomic E-state index is 12.5. The molecule has 1 amide bonds. The normalized spacial score (nSPS) is 18.9. The summed E-state index contributed by atoms with van der Waals surface area (Å²) < 4.78 is 1.94. The van der Waals surface area contributed by atoms with Gasteiger partial charge in [0.1, 0.15) is 18.2 Å². The van der Waals surface area contributed by atoms with Gasteiger partial charge in [0.25, 0.3) is 0 Å². The lowest BCUT2D eigenvalue weighted by Gasteiger charge is -2.32. The van der Waals surface area contributed by atoms with Crippen molar-refractivity contribution in [1.29, 1.82) is 0 Å². The fourth-order valence-electron chi connectivity index (χ4n) is 2.97. The zero-order valence-corrected chi connectivity index (χ0v) is 12.3. The van der Waals surface area contributed by atoms with E-state index in [1.165, 1.54) is 0 Å². The first kappa shape index (κ1) is 13.9. The quantitative estimate of drug-likeness (QED) is 0.928. The van der Waals surface area contributed by atoms with Crippen molar-refractivity contribution in [3.63, 3.8) is 0 Å². The summed E-state index contributed by atoms with van der Waals surface area (Å²) in [5, 5.41) is 0. The largest absolute Gasteiger partial charge is 0.348 e.